The van der Waals surface area contributed by atoms with Crippen molar-refractivity contribution < 1.29 is 4.59 Å². The van der Waals surface area contributed by atoms with Gasteiger partial charge in [0.1, 0.15) is 18.8 Å². The predicted molar refractivity (Wildman–Crippen MR) is 36.1 cm³/mol. The average Bonchev–Trinajstić information content (AvgIpc) is 2.22. The molecule has 2 heterocycles. The average molecular weight is 125 g/mol. The van der Waals surface area contributed by atoms with Crippen molar-refractivity contribution in [3.05, 3.63) is 12.3 Å². The van der Waals surface area contributed by atoms with Gasteiger partial charge < -0.3 is 0 Å². The normalized spacial score (nSPS) is 47.9. The summed E-state index contributed by atoms with van der Waals surface area (Å²) in [6.45, 7) is 1.15. The van der Waals surface area contributed by atoms with Gasteiger partial charge in [-0.05, 0) is 6.08 Å². The molecular weight excluding hydrogens is 112 g/mol. The molecule has 0 amide bonds. The van der Waals surface area contributed by atoms with Gasteiger partial charge in [-0.2, -0.15) is 5.84 Å². The maximum Gasteiger partial charge on any atom is 0.114 e. The van der Waals surface area contributed by atoms with E-state index in [1.807, 2.05) is 0 Å². The fourth-order valence-electron chi connectivity index (χ4n) is 1.95. The van der Waals surface area contributed by atoms with E-state index in [4.69, 9.17) is 5.84 Å². The second kappa shape index (κ2) is 1.58. The highest BCUT2D eigenvalue weighted by Crippen LogP contribution is 2.30. The fraction of sp³-hybridized carbons (Fsp3) is 0.714. The largest absolute Gasteiger partial charge is 0.220 e. The minimum Gasteiger partial charge on any atom is -0.220 e. The van der Waals surface area contributed by atoms with Crippen molar-refractivity contribution in [2.45, 2.75) is 25.3 Å². The number of hydrogen-bond acceptors (Lipinski definition) is 1. The molecule has 2 rings (SSSR count). The number of nitrogens with two attached hydrogens (primary N) is 1. The van der Waals surface area contributed by atoms with Crippen molar-refractivity contribution in [3.63, 3.8) is 0 Å². The van der Waals surface area contributed by atoms with E-state index in [1.54, 1.807) is 0 Å². The Morgan fingerprint density at radius 3 is 3.22 bits per heavy atom. The van der Waals surface area contributed by atoms with Crippen LogP contribution in [0.4, 0.5) is 0 Å². The van der Waals surface area contributed by atoms with Crippen LogP contribution in [-0.2, 0) is 0 Å². The van der Waals surface area contributed by atoms with Crippen molar-refractivity contribution in [1.29, 1.82) is 0 Å². The Bertz CT molecular complexity index is 153. The SMILES string of the molecule is N[N@+]12C=CC[C@@H]1CCC2. The summed E-state index contributed by atoms with van der Waals surface area (Å²) >= 11 is 0. The Labute approximate surface area is 55.5 Å². The smallest absolute Gasteiger partial charge is 0.114 e. The highest BCUT2D eigenvalue weighted by atomic mass is 15.6. The van der Waals surface area contributed by atoms with Gasteiger partial charge in [-0.1, -0.05) is 0 Å². The Morgan fingerprint density at radius 1 is 1.56 bits per heavy atom. The van der Waals surface area contributed by atoms with Crippen LogP contribution in [0.1, 0.15) is 19.3 Å². The zero-order valence-electron chi connectivity index (χ0n) is 5.59. The summed E-state index contributed by atoms with van der Waals surface area (Å²) in [6.07, 6.45) is 8.20. The second-order valence-corrected chi connectivity index (χ2v) is 3.14. The number of hydrogen-bond donors (Lipinski definition) is 1. The molecule has 2 N–H and O–H groups in total. The lowest BCUT2D eigenvalue weighted by Crippen LogP contribution is -2.50. The van der Waals surface area contributed by atoms with E-state index in [0.717, 1.165) is 17.2 Å². The molecule has 0 aliphatic carbocycles. The standard InChI is InChI=1S/C7H13N2/c8-9-5-1-3-7(9)4-2-6-9/h1,5,7H,2-4,6,8H2/q+1/t7-,9+/m1/s1. The lowest BCUT2D eigenvalue weighted by atomic mass is 10.2. The summed E-state index contributed by atoms with van der Waals surface area (Å²) in [7, 11) is 0. The van der Waals surface area contributed by atoms with Crippen molar-refractivity contribution in [2.24, 2.45) is 5.84 Å². The summed E-state index contributed by atoms with van der Waals surface area (Å²) in [6, 6.07) is 0.727. The van der Waals surface area contributed by atoms with Crippen LogP contribution < -0.4 is 5.84 Å². The van der Waals surface area contributed by atoms with Gasteiger partial charge >= 0.3 is 0 Å². The van der Waals surface area contributed by atoms with Crippen LogP contribution in [0.25, 0.3) is 0 Å². The Balaban J connectivity index is 2.26. The third kappa shape index (κ3) is 0.635. The molecule has 2 aliphatic heterocycles. The number of rotatable bonds is 0. The monoisotopic (exact) mass is 125 g/mol. The first-order valence-corrected chi connectivity index (χ1v) is 3.65. The summed E-state index contributed by atoms with van der Waals surface area (Å²) in [5.41, 5.74) is 0. The summed E-state index contributed by atoms with van der Waals surface area (Å²) in [4.78, 5) is 0. The van der Waals surface area contributed by atoms with E-state index in [-0.39, 0.29) is 0 Å². The molecule has 2 aliphatic rings. The molecule has 1 fully saturated rings. The maximum atomic E-state index is 6.02. The van der Waals surface area contributed by atoms with Gasteiger partial charge in [0, 0.05) is 19.3 Å². The molecule has 50 valence electrons. The molecule has 0 radical (unpaired) electrons. The lowest BCUT2D eigenvalue weighted by molar-refractivity contribution is -0.897. The minimum absolute atomic E-state index is 0.727. The first-order valence-electron chi connectivity index (χ1n) is 3.65. The summed E-state index contributed by atoms with van der Waals surface area (Å²) in [5, 5.41) is 0. The van der Waals surface area contributed by atoms with Gasteiger partial charge in [-0.15, -0.1) is 0 Å². The summed E-state index contributed by atoms with van der Waals surface area (Å²) < 4.78 is 0.736. The van der Waals surface area contributed by atoms with Crippen molar-refractivity contribution >= 4 is 0 Å². The van der Waals surface area contributed by atoms with Crippen molar-refractivity contribution in [2.75, 3.05) is 6.54 Å². The first kappa shape index (κ1) is 5.45. The molecule has 0 aromatic rings. The van der Waals surface area contributed by atoms with E-state index in [0.29, 0.717) is 0 Å². The molecule has 2 atom stereocenters. The third-order valence-electron chi connectivity index (χ3n) is 2.55. The van der Waals surface area contributed by atoms with Gasteiger partial charge in [-0.3, -0.25) is 0 Å². The van der Waals surface area contributed by atoms with Crippen LogP contribution >= 0.6 is 0 Å². The van der Waals surface area contributed by atoms with E-state index in [9.17, 15) is 0 Å². The van der Waals surface area contributed by atoms with E-state index >= 15 is 0 Å². The van der Waals surface area contributed by atoms with Crippen LogP contribution in [0.15, 0.2) is 12.3 Å². The number of nitrogens with zero attached hydrogens (tertiary/aromatic N) is 1. The van der Waals surface area contributed by atoms with Crippen LogP contribution in [0.3, 0.4) is 0 Å². The van der Waals surface area contributed by atoms with Crippen LogP contribution in [0, 0.1) is 0 Å². The Morgan fingerprint density at radius 2 is 2.44 bits per heavy atom. The molecule has 1 saturated heterocycles. The van der Waals surface area contributed by atoms with E-state index in [1.165, 1.54) is 19.3 Å². The summed E-state index contributed by atoms with van der Waals surface area (Å²) in [5.74, 6) is 6.02. The number of fused-ring (bicyclic) bond motifs is 1. The Hall–Kier alpha value is -0.340. The lowest BCUT2D eigenvalue weighted by Gasteiger charge is -2.24. The topological polar surface area (TPSA) is 26.0 Å². The quantitative estimate of drug-likeness (QED) is 0.375. The van der Waals surface area contributed by atoms with Crippen LogP contribution in [-0.4, -0.2) is 17.2 Å². The second-order valence-electron chi connectivity index (χ2n) is 3.14. The van der Waals surface area contributed by atoms with E-state index < -0.39 is 0 Å². The van der Waals surface area contributed by atoms with Gasteiger partial charge in [0.05, 0.1) is 0 Å². The van der Waals surface area contributed by atoms with Crippen LogP contribution in [0.2, 0.25) is 0 Å². The highest BCUT2D eigenvalue weighted by Gasteiger charge is 2.40. The van der Waals surface area contributed by atoms with Crippen molar-refractivity contribution in [3.8, 4) is 0 Å². The molecule has 0 bridgehead atoms. The van der Waals surface area contributed by atoms with E-state index in [2.05, 4.69) is 12.3 Å². The minimum atomic E-state index is 0.727. The maximum absolute atomic E-state index is 6.02. The molecule has 0 spiro atoms. The highest BCUT2D eigenvalue weighted by molar-refractivity contribution is 4.89. The molecule has 2 nitrogen and oxygen atoms in total. The first-order chi connectivity index (χ1) is 4.31. The molecule has 0 unspecified atom stereocenters. The zero-order chi connectivity index (χ0) is 6.32. The molecule has 9 heavy (non-hydrogen) atoms. The van der Waals surface area contributed by atoms with Crippen LogP contribution in [0.5, 0.6) is 0 Å². The third-order valence-corrected chi connectivity index (χ3v) is 2.55. The Kier molecular flexibility index (Phi) is 0.957. The van der Waals surface area contributed by atoms with Gasteiger partial charge in [0.2, 0.25) is 0 Å². The molecule has 0 saturated carbocycles. The molecule has 0 aromatic carbocycles. The van der Waals surface area contributed by atoms with Gasteiger partial charge in [0.25, 0.3) is 0 Å². The molecule has 0 aromatic heterocycles. The fourth-order valence-corrected chi connectivity index (χ4v) is 1.95. The van der Waals surface area contributed by atoms with Gasteiger partial charge in [0.15, 0.2) is 0 Å². The molecular formula is C7H13N2+. The number of quaternary nitrogens is 1. The van der Waals surface area contributed by atoms with Gasteiger partial charge in [-0.25, -0.2) is 4.59 Å². The zero-order valence-corrected chi connectivity index (χ0v) is 5.59. The predicted octanol–water partition coefficient (Wildman–Crippen LogP) is 0.757. The molecule has 2 heteroatoms. The van der Waals surface area contributed by atoms with Crippen molar-refractivity contribution in [1.82, 2.24) is 0 Å².